The van der Waals surface area contributed by atoms with Crippen molar-refractivity contribution >= 4 is 11.6 Å². The molecule has 0 atom stereocenters. The van der Waals surface area contributed by atoms with Crippen LogP contribution in [0.3, 0.4) is 0 Å². The number of hydrogen-bond acceptors (Lipinski definition) is 4. The quantitative estimate of drug-likeness (QED) is 0.852. The molecule has 5 nitrogen and oxygen atoms in total. The molecular formula is C15H19ClN4O. The summed E-state index contributed by atoms with van der Waals surface area (Å²) < 4.78 is 7.60. The molecule has 112 valence electrons. The van der Waals surface area contributed by atoms with Crippen LogP contribution in [-0.4, -0.2) is 20.8 Å². The van der Waals surface area contributed by atoms with Crippen LogP contribution >= 0.6 is 11.6 Å². The number of aryl methyl sites for hydroxylation is 1. The van der Waals surface area contributed by atoms with Gasteiger partial charge in [0, 0.05) is 25.2 Å². The number of ether oxygens (including phenoxy) is 1. The van der Waals surface area contributed by atoms with Crippen LogP contribution in [0.2, 0.25) is 5.02 Å². The molecule has 0 bridgehead atoms. The summed E-state index contributed by atoms with van der Waals surface area (Å²) in [6, 6.07) is 4.23. The van der Waals surface area contributed by atoms with Gasteiger partial charge in [0.05, 0.1) is 23.1 Å². The minimum absolute atomic E-state index is 0.544. The van der Waals surface area contributed by atoms with E-state index in [2.05, 4.69) is 22.3 Å². The average Bonchev–Trinajstić information content (AvgIpc) is 3.20. The maximum absolute atomic E-state index is 6.17. The van der Waals surface area contributed by atoms with E-state index in [0.29, 0.717) is 29.2 Å². The second-order valence-electron chi connectivity index (χ2n) is 5.27. The first-order valence-electron chi connectivity index (χ1n) is 7.33. The standard InChI is InChI=1S/C15H19ClN4O/c1-2-7-20-10-12(8-18-20)21-15-6-5-13(16)14(19-15)9-17-11-3-4-11/h5-6,8,10-11,17H,2-4,7,9H2,1H3. The average molecular weight is 307 g/mol. The zero-order chi connectivity index (χ0) is 14.7. The Bertz CT molecular complexity index is 609. The number of rotatable bonds is 7. The van der Waals surface area contributed by atoms with E-state index in [1.54, 1.807) is 12.3 Å². The molecule has 0 aliphatic heterocycles. The predicted molar refractivity (Wildman–Crippen MR) is 81.7 cm³/mol. The molecule has 0 amide bonds. The molecule has 1 saturated carbocycles. The summed E-state index contributed by atoms with van der Waals surface area (Å²) in [5, 5.41) is 8.31. The first-order valence-corrected chi connectivity index (χ1v) is 7.71. The molecule has 0 radical (unpaired) electrons. The molecule has 21 heavy (non-hydrogen) atoms. The number of halogens is 1. The van der Waals surface area contributed by atoms with Gasteiger partial charge in [-0.2, -0.15) is 5.10 Å². The van der Waals surface area contributed by atoms with E-state index in [1.807, 2.05) is 16.9 Å². The second-order valence-corrected chi connectivity index (χ2v) is 5.68. The third-order valence-electron chi connectivity index (χ3n) is 3.31. The molecule has 1 aliphatic rings. The van der Waals surface area contributed by atoms with Gasteiger partial charge in [0.2, 0.25) is 5.88 Å². The Hall–Kier alpha value is -1.59. The first-order chi connectivity index (χ1) is 10.2. The highest BCUT2D eigenvalue weighted by molar-refractivity contribution is 6.31. The van der Waals surface area contributed by atoms with Gasteiger partial charge in [-0.1, -0.05) is 18.5 Å². The van der Waals surface area contributed by atoms with Crippen LogP contribution < -0.4 is 10.1 Å². The predicted octanol–water partition coefficient (Wildman–Crippen LogP) is 3.39. The van der Waals surface area contributed by atoms with Crippen molar-refractivity contribution in [3.05, 3.63) is 35.2 Å². The van der Waals surface area contributed by atoms with Crippen LogP contribution in [0.4, 0.5) is 0 Å². The molecule has 2 heterocycles. The third kappa shape index (κ3) is 3.95. The molecule has 2 aromatic rings. The minimum Gasteiger partial charge on any atom is -0.436 e. The van der Waals surface area contributed by atoms with Crippen LogP contribution in [0.25, 0.3) is 0 Å². The SMILES string of the molecule is CCCn1cc(Oc2ccc(Cl)c(CNC3CC3)n2)cn1. The molecule has 2 aromatic heterocycles. The largest absolute Gasteiger partial charge is 0.436 e. The van der Waals surface area contributed by atoms with Gasteiger partial charge in [0.1, 0.15) is 0 Å². The van der Waals surface area contributed by atoms with Crippen molar-refractivity contribution in [2.24, 2.45) is 0 Å². The first kappa shape index (κ1) is 14.4. The van der Waals surface area contributed by atoms with E-state index >= 15 is 0 Å². The minimum atomic E-state index is 0.544. The number of nitrogens with one attached hydrogen (secondary N) is 1. The summed E-state index contributed by atoms with van der Waals surface area (Å²) in [4.78, 5) is 4.47. The summed E-state index contributed by atoms with van der Waals surface area (Å²) in [7, 11) is 0. The molecule has 3 rings (SSSR count). The number of nitrogens with zero attached hydrogens (tertiary/aromatic N) is 3. The lowest BCUT2D eigenvalue weighted by Crippen LogP contribution is -2.16. The van der Waals surface area contributed by atoms with Crippen LogP contribution in [0.15, 0.2) is 24.5 Å². The Balaban J connectivity index is 1.67. The van der Waals surface area contributed by atoms with E-state index in [0.717, 1.165) is 18.7 Å². The van der Waals surface area contributed by atoms with Crippen molar-refractivity contribution in [3.8, 4) is 11.6 Å². The van der Waals surface area contributed by atoms with Crippen molar-refractivity contribution in [2.75, 3.05) is 0 Å². The van der Waals surface area contributed by atoms with Gasteiger partial charge < -0.3 is 10.1 Å². The summed E-state index contributed by atoms with van der Waals surface area (Å²) >= 11 is 6.17. The van der Waals surface area contributed by atoms with Gasteiger partial charge in [-0.3, -0.25) is 4.68 Å². The molecule has 0 unspecified atom stereocenters. The van der Waals surface area contributed by atoms with Crippen LogP contribution in [0.1, 0.15) is 31.9 Å². The second kappa shape index (κ2) is 6.45. The Morgan fingerprint density at radius 1 is 1.43 bits per heavy atom. The lowest BCUT2D eigenvalue weighted by atomic mass is 10.3. The zero-order valence-electron chi connectivity index (χ0n) is 12.1. The fourth-order valence-corrected chi connectivity index (χ4v) is 2.22. The maximum Gasteiger partial charge on any atom is 0.219 e. The van der Waals surface area contributed by atoms with Crippen LogP contribution in [0.5, 0.6) is 11.6 Å². The van der Waals surface area contributed by atoms with Crippen molar-refractivity contribution in [2.45, 2.75) is 45.3 Å². The molecule has 1 fully saturated rings. The lowest BCUT2D eigenvalue weighted by Gasteiger charge is -2.07. The Morgan fingerprint density at radius 3 is 3.05 bits per heavy atom. The van der Waals surface area contributed by atoms with E-state index < -0.39 is 0 Å². The van der Waals surface area contributed by atoms with Gasteiger partial charge in [-0.15, -0.1) is 0 Å². The smallest absolute Gasteiger partial charge is 0.219 e. The maximum atomic E-state index is 6.17. The number of hydrogen-bond donors (Lipinski definition) is 1. The molecular weight excluding hydrogens is 288 g/mol. The number of pyridine rings is 1. The van der Waals surface area contributed by atoms with Crippen LogP contribution in [-0.2, 0) is 13.1 Å². The Morgan fingerprint density at radius 2 is 2.29 bits per heavy atom. The Labute approximate surface area is 129 Å². The molecule has 1 aliphatic carbocycles. The summed E-state index contributed by atoms with van der Waals surface area (Å²) in [5.74, 6) is 1.24. The lowest BCUT2D eigenvalue weighted by molar-refractivity contribution is 0.458. The van der Waals surface area contributed by atoms with Crippen LogP contribution in [0, 0.1) is 0 Å². The zero-order valence-corrected chi connectivity index (χ0v) is 12.8. The van der Waals surface area contributed by atoms with E-state index in [1.165, 1.54) is 12.8 Å². The fraction of sp³-hybridized carbons (Fsp3) is 0.467. The highest BCUT2D eigenvalue weighted by Gasteiger charge is 2.20. The topological polar surface area (TPSA) is 52.0 Å². The van der Waals surface area contributed by atoms with Crippen molar-refractivity contribution in [3.63, 3.8) is 0 Å². The molecule has 6 heteroatoms. The van der Waals surface area contributed by atoms with Crippen molar-refractivity contribution < 1.29 is 4.74 Å². The van der Waals surface area contributed by atoms with Gasteiger partial charge in [-0.05, 0) is 25.3 Å². The highest BCUT2D eigenvalue weighted by atomic mass is 35.5. The highest BCUT2D eigenvalue weighted by Crippen LogP contribution is 2.24. The van der Waals surface area contributed by atoms with E-state index in [4.69, 9.17) is 16.3 Å². The summed E-state index contributed by atoms with van der Waals surface area (Å²) in [6.07, 6.45) is 7.10. The van der Waals surface area contributed by atoms with E-state index in [9.17, 15) is 0 Å². The van der Waals surface area contributed by atoms with Gasteiger partial charge in [-0.25, -0.2) is 4.98 Å². The molecule has 1 N–H and O–H groups in total. The number of aromatic nitrogens is 3. The van der Waals surface area contributed by atoms with Gasteiger partial charge >= 0.3 is 0 Å². The van der Waals surface area contributed by atoms with E-state index in [-0.39, 0.29) is 0 Å². The van der Waals surface area contributed by atoms with Crippen molar-refractivity contribution in [1.82, 2.24) is 20.1 Å². The molecule has 0 spiro atoms. The van der Waals surface area contributed by atoms with Crippen molar-refractivity contribution in [1.29, 1.82) is 0 Å². The fourth-order valence-electron chi connectivity index (χ4n) is 2.04. The Kier molecular flexibility index (Phi) is 4.41. The normalized spacial score (nSPS) is 14.4. The third-order valence-corrected chi connectivity index (χ3v) is 3.66. The monoisotopic (exact) mass is 306 g/mol. The van der Waals surface area contributed by atoms with Gasteiger partial charge in [0.15, 0.2) is 5.75 Å². The molecule has 0 saturated heterocycles. The van der Waals surface area contributed by atoms with Gasteiger partial charge in [0.25, 0.3) is 0 Å². The summed E-state index contributed by atoms with van der Waals surface area (Å²) in [5.41, 5.74) is 0.821. The molecule has 0 aromatic carbocycles. The summed E-state index contributed by atoms with van der Waals surface area (Å²) in [6.45, 7) is 3.67.